The molecule has 0 aliphatic heterocycles. The number of nitriles is 1. The van der Waals surface area contributed by atoms with Gasteiger partial charge in [-0.3, -0.25) is 14.3 Å². The van der Waals surface area contributed by atoms with Crippen LogP contribution in [0.5, 0.6) is 0 Å². The summed E-state index contributed by atoms with van der Waals surface area (Å²) in [7, 11) is 0. The number of alkyl halides is 17. The van der Waals surface area contributed by atoms with Crippen LogP contribution in [0.4, 0.5) is 80.3 Å². The van der Waals surface area contributed by atoms with E-state index < -0.39 is 60.0 Å². The van der Waals surface area contributed by atoms with Gasteiger partial charge in [0.1, 0.15) is 0 Å². The molecule has 1 aromatic carbocycles. The zero-order valence-electron chi connectivity index (χ0n) is 16.9. The molecule has 0 saturated carbocycles. The highest BCUT2D eigenvalue weighted by Gasteiger charge is 2.85. The quantitative estimate of drug-likeness (QED) is 0.355. The number of carbonyl (C=O) groups excluding carboxylic acids is 1. The summed E-state index contributed by atoms with van der Waals surface area (Å²) in [6.45, 7) is 0. The molecule has 1 rings (SSSR count). The first-order valence-corrected chi connectivity index (χ1v) is 8.53. The molecule has 5 nitrogen and oxygen atoms in total. The molecule has 0 spiro atoms. The predicted molar refractivity (Wildman–Crippen MR) is 82.6 cm³/mol. The lowest BCUT2D eigenvalue weighted by Gasteiger charge is -2.40. The van der Waals surface area contributed by atoms with Crippen LogP contribution in [0.3, 0.4) is 0 Å². The van der Waals surface area contributed by atoms with Crippen molar-refractivity contribution >= 4 is 11.6 Å². The molecule has 2 atom stereocenters. The molecular formula is C16H5F17N2O3. The lowest BCUT2D eigenvalue weighted by Crippen LogP contribution is -2.68. The van der Waals surface area contributed by atoms with E-state index in [-0.39, 0.29) is 5.56 Å². The standard InChI is InChI=1S/C16H5F17N2O3/c17-9(12(21,22)23,8(36)35-7-3-1-6(5-34)2-4-7)37-16(32,33)11(20,14(27,28)29)38-15(30,31)10(18,19)13(24,25)26/h1-4H,(H,35,36)/t9-,11+/m1/s1. The highest BCUT2D eigenvalue weighted by molar-refractivity contribution is 5.96. The van der Waals surface area contributed by atoms with Crippen molar-refractivity contribution in [2.45, 2.75) is 48.4 Å². The Morgan fingerprint density at radius 2 is 1.11 bits per heavy atom. The van der Waals surface area contributed by atoms with Crippen molar-refractivity contribution in [2.24, 2.45) is 0 Å². The van der Waals surface area contributed by atoms with Crippen LogP contribution in [0.1, 0.15) is 5.56 Å². The minimum atomic E-state index is -8.09. The first-order valence-electron chi connectivity index (χ1n) is 8.53. The van der Waals surface area contributed by atoms with E-state index in [0.29, 0.717) is 24.3 Å². The van der Waals surface area contributed by atoms with E-state index in [1.54, 1.807) is 0 Å². The third kappa shape index (κ3) is 5.82. The number of ether oxygens (including phenoxy) is 2. The second-order valence-electron chi connectivity index (χ2n) is 6.64. The van der Waals surface area contributed by atoms with Gasteiger partial charge in [-0.2, -0.15) is 79.9 Å². The van der Waals surface area contributed by atoms with Gasteiger partial charge in [0.2, 0.25) is 0 Å². The van der Waals surface area contributed by atoms with E-state index in [9.17, 15) is 79.4 Å². The van der Waals surface area contributed by atoms with E-state index in [4.69, 9.17) is 5.26 Å². The zero-order chi connectivity index (χ0) is 30.4. The molecule has 0 saturated heterocycles. The van der Waals surface area contributed by atoms with E-state index in [1.165, 1.54) is 10.8 Å². The Morgan fingerprint density at radius 1 is 0.658 bits per heavy atom. The Kier molecular flexibility index (Phi) is 8.31. The number of anilines is 1. The average molecular weight is 596 g/mol. The molecule has 0 aromatic heterocycles. The summed E-state index contributed by atoms with van der Waals surface area (Å²) in [5, 5.41) is 9.32. The molecule has 0 aliphatic carbocycles. The number of rotatable bonds is 8. The van der Waals surface area contributed by atoms with Crippen LogP contribution in [0.25, 0.3) is 0 Å². The maximum Gasteiger partial charge on any atom is 0.462 e. The van der Waals surface area contributed by atoms with Crippen LogP contribution in [0.2, 0.25) is 0 Å². The summed E-state index contributed by atoms with van der Waals surface area (Å²) in [6.07, 6.45) is -38.7. The van der Waals surface area contributed by atoms with Crippen LogP contribution >= 0.6 is 0 Å². The fourth-order valence-electron chi connectivity index (χ4n) is 2.00. The normalized spacial score (nSPS) is 17.3. The molecule has 22 heteroatoms. The number of amides is 1. The summed E-state index contributed by atoms with van der Waals surface area (Å²) in [6, 6.07) is 3.75. The van der Waals surface area contributed by atoms with Gasteiger partial charge >= 0.3 is 48.4 Å². The molecule has 1 N–H and O–H groups in total. The van der Waals surface area contributed by atoms with E-state index in [1.807, 2.05) is 4.74 Å². The Labute approximate surface area is 196 Å². The van der Waals surface area contributed by atoms with E-state index in [2.05, 4.69) is 0 Å². The van der Waals surface area contributed by atoms with Crippen LogP contribution in [0.15, 0.2) is 24.3 Å². The molecule has 0 aliphatic rings. The first kappa shape index (κ1) is 32.9. The third-order valence-corrected chi connectivity index (χ3v) is 3.93. The summed E-state index contributed by atoms with van der Waals surface area (Å²) >= 11 is 0. The molecule has 1 amide bonds. The molecule has 0 bridgehead atoms. The number of benzene rings is 1. The third-order valence-electron chi connectivity index (χ3n) is 3.93. The van der Waals surface area contributed by atoms with Gasteiger partial charge in [-0.25, -0.2) is 0 Å². The largest absolute Gasteiger partial charge is 0.462 e. The fraction of sp³-hybridized carbons (Fsp3) is 0.500. The maximum atomic E-state index is 14.4. The summed E-state index contributed by atoms with van der Waals surface area (Å²) < 4.78 is 226. The van der Waals surface area contributed by atoms with Crippen molar-refractivity contribution in [2.75, 3.05) is 5.32 Å². The predicted octanol–water partition coefficient (Wildman–Crippen LogP) is 6.37. The lowest BCUT2D eigenvalue weighted by molar-refractivity contribution is -0.548. The molecule has 0 unspecified atom stereocenters. The highest BCUT2D eigenvalue weighted by Crippen LogP contribution is 2.56. The summed E-state index contributed by atoms with van der Waals surface area (Å²) in [4.78, 5) is 11.7. The summed E-state index contributed by atoms with van der Waals surface area (Å²) in [5.41, 5.74) is -1.31. The van der Waals surface area contributed by atoms with Gasteiger partial charge in [-0.15, -0.1) is 0 Å². The number of hydrogen-bond donors (Lipinski definition) is 1. The Balaban J connectivity index is 3.61. The van der Waals surface area contributed by atoms with Crippen molar-refractivity contribution in [3.8, 4) is 6.07 Å². The van der Waals surface area contributed by atoms with Crippen molar-refractivity contribution in [3.63, 3.8) is 0 Å². The number of nitrogens with one attached hydrogen (secondary N) is 1. The van der Waals surface area contributed by atoms with E-state index in [0.717, 1.165) is 5.32 Å². The van der Waals surface area contributed by atoms with Gasteiger partial charge in [-0.05, 0) is 24.3 Å². The molecular weight excluding hydrogens is 591 g/mol. The maximum absolute atomic E-state index is 14.4. The summed E-state index contributed by atoms with van der Waals surface area (Å²) in [5.74, 6) is -26.4. The molecule has 0 radical (unpaired) electrons. The van der Waals surface area contributed by atoms with Crippen LogP contribution < -0.4 is 5.32 Å². The van der Waals surface area contributed by atoms with Crippen LogP contribution in [0, 0.1) is 11.3 Å². The van der Waals surface area contributed by atoms with Gasteiger partial charge in [0.15, 0.2) is 0 Å². The first-order chi connectivity index (χ1) is 16.6. The molecule has 38 heavy (non-hydrogen) atoms. The molecule has 0 heterocycles. The molecule has 0 fully saturated rings. The van der Waals surface area contributed by atoms with Gasteiger partial charge in [-0.1, -0.05) is 0 Å². The van der Waals surface area contributed by atoms with Crippen molar-refractivity contribution < 1.29 is 88.9 Å². The van der Waals surface area contributed by atoms with E-state index >= 15 is 0 Å². The highest BCUT2D eigenvalue weighted by atomic mass is 19.4. The number of nitrogens with zero attached hydrogens (tertiary/aromatic N) is 1. The molecule has 1 aromatic rings. The Bertz CT molecular complexity index is 1060. The second-order valence-corrected chi connectivity index (χ2v) is 6.64. The van der Waals surface area contributed by atoms with Crippen molar-refractivity contribution in [1.82, 2.24) is 0 Å². The smallest absolute Gasteiger partial charge is 0.321 e. The Hall–Kier alpha value is -3.09. The van der Waals surface area contributed by atoms with Gasteiger partial charge < -0.3 is 5.32 Å². The molecule has 216 valence electrons. The van der Waals surface area contributed by atoms with Gasteiger partial charge in [0, 0.05) is 5.69 Å². The minimum Gasteiger partial charge on any atom is -0.321 e. The van der Waals surface area contributed by atoms with Crippen molar-refractivity contribution in [1.29, 1.82) is 5.26 Å². The second kappa shape index (κ2) is 9.58. The van der Waals surface area contributed by atoms with Gasteiger partial charge in [0.25, 0.3) is 5.91 Å². The number of hydrogen-bond acceptors (Lipinski definition) is 4. The number of carbonyl (C=O) groups is 1. The van der Waals surface area contributed by atoms with Crippen molar-refractivity contribution in [3.05, 3.63) is 29.8 Å². The van der Waals surface area contributed by atoms with Gasteiger partial charge in [0.05, 0.1) is 11.6 Å². The number of halogens is 17. The topological polar surface area (TPSA) is 71.4 Å². The Morgan fingerprint density at radius 3 is 1.45 bits per heavy atom. The lowest BCUT2D eigenvalue weighted by atomic mass is 10.2. The average Bonchev–Trinajstić information content (AvgIpc) is 2.70. The SMILES string of the molecule is N#Cc1ccc(NC(=O)[C@@](F)(OC(F)(F)[C@@](F)(OC(F)(F)C(F)(F)C(F)(F)F)C(F)(F)F)C(F)(F)F)cc1. The van der Waals surface area contributed by atoms with Crippen LogP contribution in [-0.4, -0.2) is 54.3 Å². The fourth-order valence-corrected chi connectivity index (χ4v) is 2.00. The zero-order valence-corrected chi connectivity index (χ0v) is 16.9. The van der Waals surface area contributed by atoms with Crippen LogP contribution in [-0.2, 0) is 14.3 Å². The monoisotopic (exact) mass is 596 g/mol. The minimum absolute atomic E-state index is 0.283.